The number of carbonyl (C=O) groups is 1. The molecule has 4 nitrogen and oxygen atoms in total. The predicted molar refractivity (Wildman–Crippen MR) is 89.9 cm³/mol. The van der Waals surface area contributed by atoms with Gasteiger partial charge in [-0.3, -0.25) is 4.79 Å². The second-order valence-electron chi connectivity index (χ2n) is 7.43. The van der Waals surface area contributed by atoms with Crippen molar-refractivity contribution in [3.63, 3.8) is 0 Å². The number of carboxylic acids is 1. The normalized spacial score (nSPS) is 32.8. The van der Waals surface area contributed by atoms with Crippen LogP contribution < -0.4 is 0 Å². The zero-order valence-corrected chi connectivity index (χ0v) is 14.2. The first-order valence-corrected chi connectivity index (χ1v) is 8.84. The number of aliphatic carboxylic acids is 1. The molecule has 0 aliphatic heterocycles. The van der Waals surface area contributed by atoms with Crippen LogP contribution in [0.25, 0.3) is 0 Å². The lowest BCUT2D eigenvalue weighted by atomic mass is 9.66. The van der Waals surface area contributed by atoms with Crippen LogP contribution >= 0.6 is 0 Å². The van der Waals surface area contributed by atoms with Crippen molar-refractivity contribution in [2.75, 3.05) is 0 Å². The third kappa shape index (κ3) is 5.18. The Bertz CT molecular complexity index is 468. The van der Waals surface area contributed by atoms with E-state index in [2.05, 4.69) is 32.1 Å². The van der Waals surface area contributed by atoms with E-state index >= 15 is 0 Å². The van der Waals surface area contributed by atoms with E-state index in [-0.39, 0.29) is 12.8 Å². The summed E-state index contributed by atoms with van der Waals surface area (Å²) in [5.74, 6) is 1.24. The molecule has 0 aromatic heterocycles. The number of rotatable bonds is 7. The first-order valence-electron chi connectivity index (χ1n) is 8.84. The van der Waals surface area contributed by atoms with Gasteiger partial charge in [0.25, 0.3) is 0 Å². The molecule has 0 saturated carbocycles. The smallest absolute Gasteiger partial charge is 0.305 e. The molecule has 23 heavy (non-hydrogen) atoms. The SMILES string of the molecule is C[C@H]1C=C2C=C[C@H](C)[C@H](CCC(O)C[C@@H](O)CC(=O)O)[C@H]2CC1. The van der Waals surface area contributed by atoms with E-state index in [1.807, 2.05) is 0 Å². The number of hydrogen-bond donors (Lipinski definition) is 3. The molecular weight excluding hydrogens is 292 g/mol. The lowest BCUT2D eigenvalue weighted by Gasteiger charge is -2.39. The van der Waals surface area contributed by atoms with Crippen molar-refractivity contribution >= 4 is 5.97 Å². The van der Waals surface area contributed by atoms with Crippen LogP contribution in [-0.4, -0.2) is 33.5 Å². The number of allylic oxidation sites excluding steroid dienone is 4. The molecule has 0 bridgehead atoms. The molecule has 2 aliphatic carbocycles. The van der Waals surface area contributed by atoms with E-state index in [1.165, 1.54) is 18.4 Å². The van der Waals surface area contributed by atoms with Crippen LogP contribution in [0, 0.1) is 23.7 Å². The van der Waals surface area contributed by atoms with E-state index in [1.54, 1.807) is 0 Å². The predicted octanol–water partition coefficient (Wildman–Crippen LogP) is 3.15. The molecule has 130 valence electrons. The number of aliphatic hydroxyl groups excluding tert-OH is 2. The highest BCUT2D eigenvalue weighted by atomic mass is 16.4. The molecule has 0 spiro atoms. The third-order valence-electron chi connectivity index (χ3n) is 5.41. The number of carboxylic acid groups (broad SMARTS) is 1. The van der Waals surface area contributed by atoms with Gasteiger partial charge in [0.05, 0.1) is 18.6 Å². The Morgan fingerprint density at radius 2 is 2.00 bits per heavy atom. The summed E-state index contributed by atoms with van der Waals surface area (Å²) >= 11 is 0. The van der Waals surface area contributed by atoms with Gasteiger partial charge in [-0.05, 0) is 61.3 Å². The Labute approximate surface area is 138 Å². The van der Waals surface area contributed by atoms with Crippen LogP contribution in [0.15, 0.2) is 23.8 Å². The summed E-state index contributed by atoms with van der Waals surface area (Å²) in [6, 6.07) is 0. The summed E-state index contributed by atoms with van der Waals surface area (Å²) in [5.41, 5.74) is 1.45. The molecule has 3 N–H and O–H groups in total. The van der Waals surface area contributed by atoms with E-state index in [0.717, 1.165) is 6.42 Å². The van der Waals surface area contributed by atoms with Gasteiger partial charge in [0.15, 0.2) is 0 Å². The number of hydrogen-bond acceptors (Lipinski definition) is 3. The molecule has 0 heterocycles. The fourth-order valence-electron chi connectivity index (χ4n) is 4.12. The van der Waals surface area contributed by atoms with Crippen LogP contribution in [0.5, 0.6) is 0 Å². The van der Waals surface area contributed by atoms with Gasteiger partial charge in [-0.1, -0.05) is 32.1 Å². The Morgan fingerprint density at radius 1 is 1.26 bits per heavy atom. The minimum Gasteiger partial charge on any atom is -0.481 e. The van der Waals surface area contributed by atoms with Crippen molar-refractivity contribution in [1.82, 2.24) is 0 Å². The Hall–Kier alpha value is -1.13. The zero-order chi connectivity index (χ0) is 17.0. The summed E-state index contributed by atoms with van der Waals surface area (Å²) in [4.78, 5) is 10.6. The second-order valence-corrected chi connectivity index (χ2v) is 7.43. The highest BCUT2D eigenvalue weighted by Gasteiger charge is 2.33. The van der Waals surface area contributed by atoms with Gasteiger partial charge in [0.2, 0.25) is 0 Å². The van der Waals surface area contributed by atoms with Gasteiger partial charge >= 0.3 is 5.97 Å². The van der Waals surface area contributed by atoms with Gasteiger partial charge in [-0.2, -0.15) is 0 Å². The molecule has 4 heteroatoms. The lowest BCUT2D eigenvalue weighted by molar-refractivity contribution is -0.139. The molecule has 1 unspecified atom stereocenters. The highest BCUT2D eigenvalue weighted by molar-refractivity contribution is 5.67. The van der Waals surface area contributed by atoms with Gasteiger partial charge in [0, 0.05) is 0 Å². The van der Waals surface area contributed by atoms with Crippen molar-refractivity contribution in [2.45, 2.75) is 64.6 Å². The van der Waals surface area contributed by atoms with Crippen LogP contribution in [0.2, 0.25) is 0 Å². The van der Waals surface area contributed by atoms with Gasteiger partial charge in [-0.15, -0.1) is 0 Å². The Kier molecular flexibility index (Phi) is 6.42. The summed E-state index contributed by atoms with van der Waals surface area (Å²) in [5, 5.41) is 28.4. The average molecular weight is 322 g/mol. The number of fused-ring (bicyclic) bond motifs is 1. The van der Waals surface area contributed by atoms with Crippen molar-refractivity contribution in [2.24, 2.45) is 23.7 Å². The summed E-state index contributed by atoms with van der Waals surface area (Å²) in [6.07, 6.45) is 9.17. The minimum absolute atomic E-state index is 0.146. The first-order chi connectivity index (χ1) is 10.9. The van der Waals surface area contributed by atoms with E-state index in [0.29, 0.717) is 30.1 Å². The van der Waals surface area contributed by atoms with Crippen LogP contribution in [0.1, 0.15) is 52.4 Å². The molecular formula is C19H30O4. The Balaban J connectivity index is 1.88. The monoisotopic (exact) mass is 322 g/mol. The van der Waals surface area contributed by atoms with E-state index in [9.17, 15) is 15.0 Å². The summed E-state index contributed by atoms with van der Waals surface area (Å²) in [6.45, 7) is 4.50. The quantitative estimate of drug-likeness (QED) is 0.673. The topological polar surface area (TPSA) is 77.8 Å². The molecule has 2 rings (SSSR count). The van der Waals surface area contributed by atoms with E-state index in [4.69, 9.17) is 5.11 Å². The molecule has 6 atom stereocenters. The fourth-order valence-corrected chi connectivity index (χ4v) is 4.12. The van der Waals surface area contributed by atoms with Crippen LogP contribution in [-0.2, 0) is 4.79 Å². The molecule has 0 radical (unpaired) electrons. The molecule has 2 aliphatic rings. The van der Waals surface area contributed by atoms with Gasteiger partial charge in [-0.25, -0.2) is 0 Å². The average Bonchev–Trinajstić information content (AvgIpc) is 2.45. The second kappa shape index (κ2) is 8.11. The molecule has 0 aromatic rings. The summed E-state index contributed by atoms with van der Waals surface area (Å²) in [7, 11) is 0. The van der Waals surface area contributed by atoms with Crippen molar-refractivity contribution < 1.29 is 20.1 Å². The first kappa shape index (κ1) is 18.2. The maximum Gasteiger partial charge on any atom is 0.305 e. The van der Waals surface area contributed by atoms with Crippen molar-refractivity contribution in [1.29, 1.82) is 0 Å². The molecule has 0 fully saturated rings. The number of aliphatic hydroxyl groups is 2. The Morgan fingerprint density at radius 3 is 2.70 bits per heavy atom. The molecule has 0 aromatic carbocycles. The standard InChI is InChI=1S/C19H30O4/c1-12-3-7-18-14(9-12)5-4-13(2)17(18)8-6-15(20)10-16(21)11-19(22)23/h4-5,9,12-13,15-18,20-21H,3,6-8,10-11H2,1-2H3,(H,22,23)/t12-,13+,15?,16-,17+,18+/m1/s1. The fraction of sp³-hybridized carbons (Fsp3) is 0.737. The summed E-state index contributed by atoms with van der Waals surface area (Å²) < 4.78 is 0. The van der Waals surface area contributed by atoms with Gasteiger partial charge in [0.1, 0.15) is 0 Å². The maximum atomic E-state index is 10.6. The largest absolute Gasteiger partial charge is 0.481 e. The van der Waals surface area contributed by atoms with E-state index < -0.39 is 18.2 Å². The third-order valence-corrected chi connectivity index (χ3v) is 5.41. The zero-order valence-electron chi connectivity index (χ0n) is 14.2. The highest BCUT2D eigenvalue weighted by Crippen LogP contribution is 2.43. The lowest BCUT2D eigenvalue weighted by Crippen LogP contribution is -2.30. The van der Waals surface area contributed by atoms with Gasteiger partial charge < -0.3 is 15.3 Å². The maximum absolute atomic E-state index is 10.6. The van der Waals surface area contributed by atoms with Crippen LogP contribution in [0.3, 0.4) is 0 Å². The molecule has 0 amide bonds. The molecule has 0 saturated heterocycles. The minimum atomic E-state index is -1.03. The van der Waals surface area contributed by atoms with Crippen molar-refractivity contribution in [3.8, 4) is 0 Å². The van der Waals surface area contributed by atoms with Crippen LogP contribution in [0.4, 0.5) is 0 Å². The van der Waals surface area contributed by atoms with Crippen molar-refractivity contribution in [3.05, 3.63) is 23.8 Å².